The summed E-state index contributed by atoms with van der Waals surface area (Å²) in [6, 6.07) is 6.89. The van der Waals surface area contributed by atoms with Crippen molar-refractivity contribution in [1.82, 2.24) is 5.06 Å². The lowest BCUT2D eigenvalue weighted by molar-refractivity contribution is -0.0753. The number of fused-ring (bicyclic) bond motifs is 1. The Morgan fingerprint density at radius 1 is 1.50 bits per heavy atom. The second-order valence-electron chi connectivity index (χ2n) is 3.28. The molecule has 1 aromatic carbocycles. The minimum atomic E-state index is -0.219. The third-order valence-electron chi connectivity index (χ3n) is 2.31. The van der Waals surface area contributed by atoms with Crippen molar-refractivity contribution in [1.29, 1.82) is 0 Å². The van der Waals surface area contributed by atoms with E-state index in [0.717, 1.165) is 9.76 Å². The highest BCUT2D eigenvalue weighted by atomic mass is 32.1. The van der Waals surface area contributed by atoms with Crippen LogP contribution >= 0.6 is 11.3 Å². The smallest absolute Gasteiger partial charge is 0.287 e. The summed E-state index contributed by atoms with van der Waals surface area (Å²) in [5.41, 5.74) is 0. The van der Waals surface area contributed by atoms with Crippen molar-refractivity contribution in [2.24, 2.45) is 0 Å². The van der Waals surface area contributed by atoms with Gasteiger partial charge in [0.05, 0.1) is 12.0 Å². The molecular formula is C11H11NO3S. The molecule has 84 valence electrons. The highest BCUT2D eigenvalue weighted by Crippen LogP contribution is 2.32. The fourth-order valence-electron chi connectivity index (χ4n) is 1.39. The van der Waals surface area contributed by atoms with E-state index in [1.807, 2.05) is 6.07 Å². The molecule has 4 nitrogen and oxygen atoms in total. The summed E-state index contributed by atoms with van der Waals surface area (Å²) in [7, 11) is 2.98. The minimum absolute atomic E-state index is 0.188. The average molecular weight is 237 g/mol. The normalized spacial score (nSPS) is 10.6. The molecule has 0 saturated carbocycles. The van der Waals surface area contributed by atoms with Crippen molar-refractivity contribution in [2.75, 3.05) is 14.2 Å². The minimum Gasteiger partial charge on any atom is -0.507 e. The van der Waals surface area contributed by atoms with Gasteiger partial charge in [-0.15, -0.1) is 11.3 Å². The van der Waals surface area contributed by atoms with Crippen LogP contribution in [0.5, 0.6) is 5.75 Å². The van der Waals surface area contributed by atoms with Crippen LogP contribution in [0.25, 0.3) is 10.1 Å². The molecule has 0 spiro atoms. The van der Waals surface area contributed by atoms with Gasteiger partial charge in [0, 0.05) is 17.1 Å². The van der Waals surface area contributed by atoms with Gasteiger partial charge in [0.1, 0.15) is 5.75 Å². The van der Waals surface area contributed by atoms with E-state index in [0.29, 0.717) is 10.3 Å². The van der Waals surface area contributed by atoms with Crippen LogP contribution in [0.3, 0.4) is 0 Å². The molecule has 0 atom stereocenters. The Labute approximate surface area is 96.6 Å². The van der Waals surface area contributed by atoms with E-state index in [2.05, 4.69) is 0 Å². The van der Waals surface area contributed by atoms with Gasteiger partial charge in [-0.05, 0) is 18.2 Å². The Kier molecular flexibility index (Phi) is 2.80. The van der Waals surface area contributed by atoms with E-state index in [1.54, 1.807) is 25.2 Å². The molecule has 0 fully saturated rings. The Bertz CT molecular complexity index is 535. The molecule has 2 aromatic rings. The number of thiophene rings is 1. The zero-order chi connectivity index (χ0) is 11.7. The number of amides is 1. The van der Waals surface area contributed by atoms with Crippen molar-refractivity contribution in [3.8, 4) is 5.75 Å². The zero-order valence-corrected chi connectivity index (χ0v) is 9.75. The molecule has 0 unspecified atom stereocenters. The quantitative estimate of drug-likeness (QED) is 0.815. The van der Waals surface area contributed by atoms with Gasteiger partial charge in [0.2, 0.25) is 0 Å². The second kappa shape index (κ2) is 4.11. The first kappa shape index (κ1) is 10.9. The van der Waals surface area contributed by atoms with Crippen molar-refractivity contribution in [3.05, 3.63) is 29.1 Å². The van der Waals surface area contributed by atoms with Crippen LogP contribution in [-0.4, -0.2) is 30.2 Å². The molecule has 1 N–H and O–H groups in total. The summed E-state index contributed by atoms with van der Waals surface area (Å²) < 4.78 is 0.882. The van der Waals surface area contributed by atoms with Crippen molar-refractivity contribution >= 4 is 27.3 Å². The van der Waals surface area contributed by atoms with Crippen LogP contribution in [0.15, 0.2) is 24.3 Å². The molecule has 5 heteroatoms. The summed E-state index contributed by atoms with van der Waals surface area (Å²) in [6.07, 6.45) is 0. The molecule has 0 saturated heterocycles. The van der Waals surface area contributed by atoms with Crippen LogP contribution in [-0.2, 0) is 4.84 Å². The maximum atomic E-state index is 11.8. The summed E-state index contributed by atoms with van der Waals surface area (Å²) >= 11 is 1.33. The number of phenolic OH excluding ortho intramolecular Hbond substituents is 1. The maximum Gasteiger partial charge on any atom is 0.287 e. The van der Waals surface area contributed by atoms with Crippen LogP contribution < -0.4 is 0 Å². The van der Waals surface area contributed by atoms with Crippen LogP contribution in [0.1, 0.15) is 9.67 Å². The molecule has 0 aliphatic carbocycles. The molecule has 0 bridgehead atoms. The fraction of sp³-hybridized carbons (Fsp3) is 0.182. The van der Waals surface area contributed by atoms with E-state index in [-0.39, 0.29) is 11.7 Å². The lowest BCUT2D eigenvalue weighted by Gasteiger charge is -2.11. The Hall–Kier alpha value is -1.59. The fourth-order valence-corrected chi connectivity index (χ4v) is 2.44. The number of nitrogens with zero attached hydrogens (tertiary/aromatic N) is 1. The van der Waals surface area contributed by atoms with E-state index < -0.39 is 0 Å². The highest BCUT2D eigenvalue weighted by molar-refractivity contribution is 7.20. The number of aromatic hydroxyl groups is 1. The standard InChI is InChI=1S/C11H11NO3S/c1-12(15-2)11(14)10-6-7-8(13)4-3-5-9(7)16-10/h3-6,13H,1-2H3. The lowest BCUT2D eigenvalue weighted by Crippen LogP contribution is -2.24. The molecular weight excluding hydrogens is 226 g/mol. The Morgan fingerprint density at radius 3 is 2.88 bits per heavy atom. The number of carbonyl (C=O) groups is 1. The van der Waals surface area contributed by atoms with Crippen LogP contribution in [0, 0.1) is 0 Å². The monoisotopic (exact) mass is 237 g/mol. The first-order valence-electron chi connectivity index (χ1n) is 4.67. The van der Waals surface area contributed by atoms with Gasteiger partial charge >= 0.3 is 0 Å². The third kappa shape index (κ3) is 1.75. The summed E-state index contributed by atoms with van der Waals surface area (Å²) in [6.45, 7) is 0. The highest BCUT2D eigenvalue weighted by Gasteiger charge is 2.15. The topological polar surface area (TPSA) is 49.8 Å². The SMILES string of the molecule is CON(C)C(=O)c1cc2c(O)cccc2s1. The predicted molar refractivity (Wildman–Crippen MR) is 62.6 cm³/mol. The number of hydroxylamine groups is 2. The number of phenols is 1. The third-order valence-corrected chi connectivity index (χ3v) is 3.40. The van der Waals surface area contributed by atoms with E-state index in [9.17, 15) is 9.90 Å². The Balaban J connectivity index is 2.48. The van der Waals surface area contributed by atoms with Crippen molar-refractivity contribution < 1.29 is 14.7 Å². The number of carbonyl (C=O) groups excluding carboxylic acids is 1. The van der Waals surface area contributed by atoms with E-state index in [1.165, 1.54) is 18.4 Å². The van der Waals surface area contributed by atoms with Gasteiger partial charge < -0.3 is 5.11 Å². The summed E-state index contributed by atoms with van der Waals surface area (Å²) in [5.74, 6) is -0.0315. The average Bonchev–Trinajstić information content (AvgIpc) is 2.72. The molecule has 2 rings (SSSR count). The molecule has 0 aliphatic heterocycles. The van der Waals surface area contributed by atoms with Gasteiger partial charge in [0.15, 0.2) is 0 Å². The molecule has 16 heavy (non-hydrogen) atoms. The maximum absolute atomic E-state index is 11.8. The summed E-state index contributed by atoms with van der Waals surface area (Å²) in [4.78, 5) is 17.1. The van der Waals surface area contributed by atoms with Gasteiger partial charge in [0.25, 0.3) is 5.91 Å². The number of hydrogen-bond donors (Lipinski definition) is 1. The van der Waals surface area contributed by atoms with Gasteiger partial charge in [-0.2, -0.15) is 0 Å². The molecule has 0 radical (unpaired) electrons. The van der Waals surface area contributed by atoms with Gasteiger partial charge in [-0.25, -0.2) is 5.06 Å². The van der Waals surface area contributed by atoms with Gasteiger partial charge in [-0.1, -0.05) is 6.07 Å². The molecule has 1 heterocycles. The molecule has 1 aromatic heterocycles. The van der Waals surface area contributed by atoms with Gasteiger partial charge in [-0.3, -0.25) is 9.63 Å². The van der Waals surface area contributed by atoms with E-state index >= 15 is 0 Å². The molecule has 1 amide bonds. The molecule has 0 aliphatic rings. The van der Waals surface area contributed by atoms with Crippen LogP contribution in [0.4, 0.5) is 0 Å². The zero-order valence-electron chi connectivity index (χ0n) is 8.93. The van der Waals surface area contributed by atoms with Crippen molar-refractivity contribution in [2.45, 2.75) is 0 Å². The summed E-state index contributed by atoms with van der Waals surface area (Å²) in [5, 5.41) is 11.5. The lowest BCUT2D eigenvalue weighted by atomic mass is 10.2. The number of hydrogen-bond acceptors (Lipinski definition) is 4. The van der Waals surface area contributed by atoms with E-state index in [4.69, 9.17) is 4.84 Å². The second-order valence-corrected chi connectivity index (χ2v) is 4.37. The number of benzene rings is 1. The largest absolute Gasteiger partial charge is 0.507 e. The Morgan fingerprint density at radius 2 is 2.25 bits per heavy atom. The number of rotatable bonds is 2. The first-order chi connectivity index (χ1) is 7.63. The first-order valence-corrected chi connectivity index (χ1v) is 5.49. The van der Waals surface area contributed by atoms with Crippen LogP contribution in [0.2, 0.25) is 0 Å². The van der Waals surface area contributed by atoms with Crippen molar-refractivity contribution in [3.63, 3.8) is 0 Å². The predicted octanol–water partition coefficient (Wildman–Crippen LogP) is 2.24.